The summed E-state index contributed by atoms with van der Waals surface area (Å²) in [6, 6.07) is 6.88. The van der Waals surface area contributed by atoms with Crippen LogP contribution in [0.2, 0.25) is 5.02 Å². The van der Waals surface area contributed by atoms with Crippen LogP contribution in [-0.4, -0.2) is 31.9 Å². The summed E-state index contributed by atoms with van der Waals surface area (Å²) < 4.78 is 14.2. The Bertz CT molecular complexity index is 1070. The third-order valence-electron chi connectivity index (χ3n) is 4.46. The number of hydrogen-bond donors (Lipinski definition) is 0. The average Bonchev–Trinajstić information content (AvgIpc) is 3.25. The zero-order chi connectivity index (χ0) is 22.4. The van der Waals surface area contributed by atoms with Crippen LogP contribution in [0.15, 0.2) is 54.0 Å². The Labute approximate surface area is 185 Å². The molecule has 0 unspecified atom stereocenters. The van der Waals surface area contributed by atoms with Gasteiger partial charge in [0.1, 0.15) is 6.61 Å². The van der Waals surface area contributed by atoms with Crippen molar-refractivity contribution in [3.8, 4) is 5.75 Å². The number of halogens is 1. The molecule has 164 valence electrons. The van der Waals surface area contributed by atoms with E-state index in [1.54, 1.807) is 36.8 Å². The fourth-order valence-corrected chi connectivity index (χ4v) is 2.99. The fourth-order valence-electron chi connectivity index (χ4n) is 2.81. The molecule has 0 fully saturated rings. The van der Waals surface area contributed by atoms with Crippen LogP contribution in [0.25, 0.3) is 0 Å². The molecular formula is C22H25ClN4O4. The van der Waals surface area contributed by atoms with Gasteiger partial charge in [0.25, 0.3) is 5.56 Å². The Morgan fingerprint density at radius 3 is 2.58 bits per heavy atom. The minimum atomic E-state index is -0.483. The van der Waals surface area contributed by atoms with Gasteiger partial charge in [0.15, 0.2) is 10.8 Å². The molecule has 0 radical (unpaired) electrons. The molecule has 3 aromatic rings. The standard InChI is InChI=1S/C22H25ClN4O4/c1-22(2,3)27-20(28)19(23)18(13-25-27)31-14-16-5-7-17(8-6-16)21(29)30-12-4-10-26-11-9-24-15-26/h5-9,11,13,15H,4,10,12,14H2,1-3H3. The van der Waals surface area contributed by atoms with E-state index in [0.29, 0.717) is 18.6 Å². The molecule has 9 heteroatoms. The number of imidazole rings is 1. The summed E-state index contributed by atoms with van der Waals surface area (Å²) in [6.45, 7) is 6.84. The highest BCUT2D eigenvalue weighted by atomic mass is 35.5. The molecule has 0 atom stereocenters. The van der Waals surface area contributed by atoms with Crippen LogP contribution >= 0.6 is 11.6 Å². The molecule has 0 spiro atoms. The van der Waals surface area contributed by atoms with Crippen LogP contribution in [0.1, 0.15) is 43.1 Å². The summed E-state index contributed by atoms with van der Waals surface area (Å²) in [7, 11) is 0. The Hall–Kier alpha value is -3.13. The summed E-state index contributed by atoms with van der Waals surface area (Å²) in [4.78, 5) is 28.5. The van der Waals surface area contributed by atoms with E-state index in [9.17, 15) is 9.59 Å². The molecule has 2 heterocycles. The van der Waals surface area contributed by atoms with Gasteiger partial charge in [-0.25, -0.2) is 14.5 Å². The van der Waals surface area contributed by atoms with Gasteiger partial charge >= 0.3 is 5.97 Å². The number of aromatic nitrogens is 4. The Morgan fingerprint density at radius 1 is 1.19 bits per heavy atom. The summed E-state index contributed by atoms with van der Waals surface area (Å²) >= 11 is 6.17. The van der Waals surface area contributed by atoms with Crippen molar-refractivity contribution in [2.24, 2.45) is 0 Å². The zero-order valence-corrected chi connectivity index (χ0v) is 18.5. The molecule has 0 bridgehead atoms. The summed E-state index contributed by atoms with van der Waals surface area (Å²) in [6.07, 6.45) is 7.44. The van der Waals surface area contributed by atoms with Crippen molar-refractivity contribution in [3.05, 3.63) is 75.7 Å². The topological polar surface area (TPSA) is 88.2 Å². The molecule has 2 aromatic heterocycles. The van der Waals surface area contributed by atoms with E-state index in [1.807, 2.05) is 31.5 Å². The van der Waals surface area contributed by atoms with E-state index in [1.165, 1.54) is 10.9 Å². The molecule has 31 heavy (non-hydrogen) atoms. The molecule has 0 saturated heterocycles. The largest absolute Gasteiger partial charge is 0.485 e. The predicted octanol–water partition coefficient (Wildman–Crippen LogP) is 3.67. The van der Waals surface area contributed by atoms with Gasteiger partial charge in [0.2, 0.25) is 0 Å². The van der Waals surface area contributed by atoms with E-state index in [-0.39, 0.29) is 23.3 Å². The minimum absolute atomic E-state index is 0.0131. The lowest BCUT2D eigenvalue weighted by molar-refractivity contribution is 0.0496. The van der Waals surface area contributed by atoms with Crippen molar-refractivity contribution < 1.29 is 14.3 Å². The Balaban J connectivity index is 1.52. The Morgan fingerprint density at radius 2 is 1.94 bits per heavy atom. The lowest BCUT2D eigenvalue weighted by atomic mass is 10.1. The molecule has 8 nitrogen and oxygen atoms in total. The molecule has 0 aliphatic heterocycles. The van der Waals surface area contributed by atoms with Crippen molar-refractivity contribution in [2.75, 3.05) is 6.61 Å². The van der Waals surface area contributed by atoms with Crippen LogP contribution in [-0.2, 0) is 23.4 Å². The summed E-state index contributed by atoms with van der Waals surface area (Å²) in [5.74, 6) is -0.162. The van der Waals surface area contributed by atoms with Gasteiger partial charge in [-0.15, -0.1) is 0 Å². The van der Waals surface area contributed by atoms with Gasteiger partial charge in [0, 0.05) is 18.9 Å². The maximum atomic E-state index is 12.4. The van der Waals surface area contributed by atoms with Gasteiger partial charge in [-0.05, 0) is 44.9 Å². The molecule has 1 aromatic carbocycles. The highest BCUT2D eigenvalue weighted by molar-refractivity contribution is 6.31. The van der Waals surface area contributed by atoms with Gasteiger partial charge in [0.05, 0.1) is 30.2 Å². The minimum Gasteiger partial charge on any atom is -0.485 e. The van der Waals surface area contributed by atoms with Crippen molar-refractivity contribution in [1.29, 1.82) is 0 Å². The number of aryl methyl sites for hydroxylation is 1. The van der Waals surface area contributed by atoms with Gasteiger partial charge in [-0.2, -0.15) is 5.10 Å². The number of nitrogens with zero attached hydrogens (tertiary/aromatic N) is 4. The summed E-state index contributed by atoms with van der Waals surface area (Å²) in [5, 5.41) is 4.13. The van der Waals surface area contributed by atoms with Crippen LogP contribution in [0.5, 0.6) is 5.75 Å². The average molecular weight is 445 g/mol. The lowest BCUT2D eigenvalue weighted by Gasteiger charge is -2.21. The first-order valence-electron chi connectivity index (χ1n) is 9.88. The van der Waals surface area contributed by atoms with Crippen LogP contribution < -0.4 is 10.3 Å². The fraction of sp³-hybridized carbons (Fsp3) is 0.364. The van der Waals surface area contributed by atoms with Crippen molar-refractivity contribution >= 4 is 17.6 Å². The number of hydrogen-bond acceptors (Lipinski definition) is 6. The first-order valence-corrected chi connectivity index (χ1v) is 10.3. The molecule has 0 N–H and O–H groups in total. The normalized spacial score (nSPS) is 11.4. The second-order valence-corrected chi connectivity index (χ2v) is 8.36. The number of carbonyl (C=O) groups is 1. The SMILES string of the molecule is CC(C)(C)n1ncc(OCc2ccc(C(=O)OCCCn3ccnc3)cc2)c(Cl)c1=O. The van der Waals surface area contributed by atoms with Crippen molar-refractivity contribution in [2.45, 2.75) is 45.9 Å². The van der Waals surface area contributed by atoms with E-state index in [2.05, 4.69) is 10.1 Å². The first-order chi connectivity index (χ1) is 14.8. The first kappa shape index (κ1) is 22.6. The van der Waals surface area contributed by atoms with Crippen LogP contribution in [0.4, 0.5) is 0 Å². The van der Waals surface area contributed by atoms with E-state index < -0.39 is 11.1 Å². The third-order valence-corrected chi connectivity index (χ3v) is 4.81. The monoisotopic (exact) mass is 444 g/mol. The molecule has 0 amide bonds. The number of rotatable bonds is 8. The van der Waals surface area contributed by atoms with Gasteiger partial charge in [-0.3, -0.25) is 4.79 Å². The highest BCUT2D eigenvalue weighted by Crippen LogP contribution is 2.22. The predicted molar refractivity (Wildman–Crippen MR) is 116 cm³/mol. The number of carbonyl (C=O) groups excluding carboxylic acids is 1. The van der Waals surface area contributed by atoms with Gasteiger partial charge in [-0.1, -0.05) is 23.7 Å². The number of esters is 1. The Kier molecular flexibility index (Phi) is 7.12. The molecule has 0 aliphatic carbocycles. The third kappa shape index (κ3) is 5.95. The maximum absolute atomic E-state index is 12.4. The van der Waals surface area contributed by atoms with Crippen LogP contribution in [0, 0.1) is 0 Å². The summed E-state index contributed by atoms with van der Waals surface area (Å²) in [5.41, 5.74) is 0.382. The van der Waals surface area contributed by atoms with E-state index in [0.717, 1.165) is 12.1 Å². The highest BCUT2D eigenvalue weighted by Gasteiger charge is 2.20. The number of ether oxygens (including phenoxy) is 2. The quantitative estimate of drug-likeness (QED) is 0.389. The van der Waals surface area contributed by atoms with Crippen LogP contribution in [0.3, 0.4) is 0 Å². The molecule has 0 saturated carbocycles. The second kappa shape index (κ2) is 9.78. The van der Waals surface area contributed by atoms with Crippen molar-refractivity contribution in [3.63, 3.8) is 0 Å². The second-order valence-electron chi connectivity index (χ2n) is 7.99. The van der Waals surface area contributed by atoms with E-state index in [4.69, 9.17) is 21.1 Å². The van der Waals surface area contributed by atoms with Crippen molar-refractivity contribution in [1.82, 2.24) is 19.3 Å². The zero-order valence-electron chi connectivity index (χ0n) is 17.7. The molecule has 0 aliphatic rings. The lowest BCUT2D eigenvalue weighted by Crippen LogP contribution is -2.36. The smallest absolute Gasteiger partial charge is 0.338 e. The molecule has 3 rings (SSSR count). The van der Waals surface area contributed by atoms with Gasteiger partial charge < -0.3 is 14.0 Å². The maximum Gasteiger partial charge on any atom is 0.338 e. The number of benzene rings is 1. The van der Waals surface area contributed by atoms with E-state index >= 15 is 0 Å². The molecular weight excluding hydrogens is 420 g/mol.